The van der Waals surface area contributed by atoms with Crippen LogP contribution in [0.3, 0.4) is 0 Å². The monoisotopic (exact) mass is 558 g/mol. The summed E-state index contributed by atoms with van der Waals surface area (Å²) in [4.78, 5) is 12.5. The summed E-state index contributed by atoms with van der Waals surface area (Å²) in [5.74, 6) is -0.990. The van der Waals surface area contributed by atoms with Gasteiger partial charge >= 0.3 is 21.6 Å². The van der Waals surface area contributed by atoms with E-state index in [9.17, 15) is 26.4 Å². The van der Waals surface area contributed by atoms with E-state index in [0.717, 1.165) is 28.0 Å². The zero-order valence-corrected chi connectivity index (χ0v) is 21.8. The number of hydrogen-bond acceptors (Lipinski definition) is 5. The number of hydrogen-bond donors (Lipinski definition) is 0. The van der Waals surface area contributed by atoms with Gasteiger partial charge in [0.15, 0.2) is 0 Å². The first kappa shape index (κ1) is 27.4. The van der Waals surface area contributed by atoms with E-state index in [-0.39, 0.29) is 6.42 Å². The van der Waals surface area contributed by atoms with Crippen molar-refractivity contribution in [2.75, 3.05) is 7.11 Å². The molecule has 0 spiro atoms. The minimum Gasteiger partial charge on any atom is -0.465 e. The summed E-state index contributed by atoms with van der Waals surface area (Å²) in [5.41, 5.74) is -3.89. The zero-order chi connectivity index (χ0) is 27.3. The molecule has 10 heteroatoms. The van der Waals surface area contributed by atoms with Crippen LogP contribution in [0.5, 0.6) is 5.75 Å². The molecule has 0 radical (unpaired) electrons. The lowest BCUT2D eigenvalue weighted by Crippen LogP contribution is -2.28. The van der Waals surface area contributed by atoms with Gasteiger partial charge in [-0.25, -0.2) is 4.79 Å². The van der Waals surface area contributed by atoms with Crippen molar-refractivity contribution in [1.82, 2.24) is 0 Å². The van der Waals surface area contributed by atoms with Gasteiger partial charge in [-0.3, -0.25) is 0 Å². The minimum atomic E-state index is -5.77. The second kappa shape index (κ2) is 11.4. The van der Waals surface area contributed by atoms with Crippen molar-refractivity contribution in [3.8, 4) is 5.75 Å². The third kappa shape index (κ3) is 6.23. The van der Waals surface area contributed by atoms with Crippen LogP contribution in [0.1, 0.15) is 21.5 Å². The lowest BCUT2D eigenvalue weighted by molar-refractivity contribution is -0.0500. The molecule has 4 aromatic carbocycles. The maximum atomic E-state index is 12.6. The molecule has 0 aliphatic heterocycles. The normalized spacial score (nSPS) is 11.8. The zero-order valence-electron chi connectivity index (χ0n) is 20.1. The molecule has 0 aliphatic carbocycles. The molecule has 196 valence electrons. The van der Waals surface area contributed by atoms with Crippen LogP contribution >= 0.6 is 7.92 Å². The number of carbonyl (C=O) groups is 1. The number of alkyl halides is 3. The van der Waals surface area contributed by atoms with Gasteiger partial charge in [-0.1, -0.05) is 78.9 Å². The molecule has 0 heterocycles. The van der Waals surface area contributed by atoms with Crippen molar-refractivity contribution in [3.05, 3.63) is 120 Å². The van der Waals surface area contributed by atoms with Gasteiger partial charge in [-0.15, -0.1) is 0 Å². The molecule has 0 amide bonds. The van der Waals surface area contributed by atoms with Crippen LogP contribution in [0.2, 0.25) is 0 Å². The first-order valence-electron chi connectivity index (χ1n) is 11.3. The summed E-state index contributed by atoms with van der Waals surface area (Å²) < 4.78 is 69.6. The van der Waals surface area contributed by atoms with Crippen molar-refractivity contribution < 1.29 is 35.3 Å². The maximum Gasteiger partial charge on any atom is 0.534 e. The molecular weight excluding hydrogens is 536 g/mol. The van der Waals surface area contributed by atoms with Gasteiger partial charge < -0.3 is 8.92 Å². The smallest absolute Gasteiger partial charge is 0.465 e. The van der Waals surface area contributed by atoms with E-state index in [1.54, 1.807) is 6.07 Å². The van der Waals surface area contributed by atoms with E-state index in [1.165, 1.54) is 19.2 Å². The first-order chi connectivity index (χ1) is 18.1. The van der Waals surface area contributed by atoms with Crippen molar-refractivity contribution in [2.45, 2.75) is 11.9 Å². The molecule has 0 fully saturated rings. The summed E-state index contributed by atoms with van der Waals surface area (Å²) in [6, 6.07) is 30.7. The van der Waals surface area contributed by atoms with E-state index in [1.807, 2.05) is 48.5 Å². The Morgan fingerprint density at radius 1 is 0.789 bits per heavy atom. The third-order valence-electron chi connectivity index (χ3n) is 5.59. The summed E-state index contributed by atoms with van der Waals surface area (Å²) >= 11 is 0. The summed E-state index contributed by atoms with van der Waals surface area (Å²) in [6.07, 6.45) is 0.247. The highest BCUT2D eigenvalue weighted by Crippen LogP contribution is 2.34. The van der Waals surface area contributed by atoms with Crippen LogP contribution in [-0.4, -0.2) is 27.0 Å². The third-order valence-corrected chi connectivity index (χ3v) is 8.99. The van der Waals surface area contributed by atoms with E-state index in [4.69, 9.17) is 4.74 Å². The number of benzene rings is 4. The standard InChI is InChI=1S/C28H22F3O5PS/c1-35-27(32)26-17-16-25(37(23-8-4-2-5-9-23)24-10-6-3-7-11-24)19-21(26)18-20-12-14-22(15-13-20)36-38(33,34)28(29,30)31/h2-17,19H,18H2,1H3. The number of rotatable bonds is 8. The molecule has 38 heavy (non-hydrogen) atoms. The Hall–Kier alpha value is -3.68. The predicted molar refractivity (Wildman–Crippen MR) is 141 cm³/mol. The molecular formula is C28H22F3O5PS. The van der Waals surface area contributed by atoms with Crippen LogP contribution in [0.15, 0.2) is 103 Å². The predicted octanol–water partition coefficient (Wildman–Crippen LogP) is 5.05. The molecule has 0 saturated heterocycles. The van der Waals surface area contributed by atoms with Gasteiger partial charge in [0.05, 0.1) is 12.7 Å². The summed E-state index contributed by atoms with van der Waals surface area (Å²) in [7, 11) is -5.44. The number of methoxy groups -OCH3 is 1. The fraction of sp³-hybridized carbons (Fsp3) is 0.107. The number of carbonyl (C=O) groups excluding carboxylic acids is 1. The highest BCUT2D eigenvalue weighted by Gasteiger charge is 2.48. The SMILES string of the molecule is COC(=O)c1ccc(P(c2ccccc2)c2ccccc2)cc1Cc1ccc(OS(=O)(=O)C(F)(F)F)cc1. The Morgan fingerprint density at radius 3 is 1.84 bits per heavy atom. The molecule has 0 saturated carbocycles. The number of ether oxygens (including phenoxy) is 1. The van der Waals surface area contributed by atoms with Gasteiger partial charge in [-0.05, 0) is 65.6 Å². The Morgan fingerprint density at radius 2 is 1.34 bits per heavy atom. The Labute approximate surface area is 219 Å². The minimum absolute atomic E-state index is 0.247. The lowest BCUT2D eigenvalue weighted by atomic mass is 9.99. The second-order valence-electron chi connectivity index (χ2n) is 8.14. The summed E-state index contributed by atoms with van der Waals surface area (Å²) in [5, 5.41) is 3.24. The van der Waals surface area contributed by atoms with Gasteiger partial charge in [0.25, 0.3) is 0 Å². The largest absolute Gasteiger partial charge is 0.534 e. The summed E-state index contributed by atoms with van der Waals surface area (Å²) in [6.45, 7) is 0. The van der Waals surface area contributed by atoms with Crippen molar-refractivity contribution in [1.29, 1.82) is 0 Å². The van der Waals surface area contributed by atoms with Crippen molar-refractivity contribution in [3.63, 3.8) is 0 Å². The average molecular weight is 559 g/mol. The molecule has 0 atom stereocenters. The Kier molecular flexibility index (Phi) is 8.19. The van der Waals surface area contributed by atoms with Gasteiger partial charge in [-0.2, -0.15) is 21.6 Å². The molecule has 0 aromatic heterocycles. The number of esters is 1. The highest BCUT2D eigenvalue weighted by atomic mass is 32.2. The maximum absolute atomic E-state index is 12.6. The van der Waals surface area contributed by atoms with Gasteiger partial charge in [0, 0.05) is 0 Å². The molecule has 4 aromatic rings. The second-order valence-corrected chi connectivity index (χ2v) is 11.9. The highest BCUT2D eigenvalue weighted by molar-refractivity contribution is 7.88. The molecule has 5 nitrogen and oxygen atoms in total. The molecule has 0 bridgehead atoms. The fourth-order valence-corrected chi connectivity index (χ4v) is 6.64. The topological polar surface area (TPSA) is 69.7 Å². The van der Waals surface area contributed by atoms with Gasteiger partial charge in [0.2, 0.25) is 0 Å². The molecule has 0 aliphatic rings. The molecule has 4 rings (SSSR count). The van der Waals surface area contributed by atoms with Crippen LogP contribution in [0.4, 0.5) is 13.2 Å². The van der Waals surface area contributed by atoms with Crippen LogP contribution in [-0.2, 0) is 21.3 Å². The van der Waals surface area contributed by atoms with E-state index < -0.39 is 35.3 Å². The van der Waals surface area contributed by atoms with E-state index >= 15 is 0 Å². The van der Waals surface area contributed by atoms with Gasteiger partial charge in [0.1, 0.15) is 5.75 Å². The van der Waals surface area contributed by atoms with E-state index in [0.29, 0.717) is 16.7 Å². The fourth-order valence-electron chi connectivity index (χ4n) is 3.83. The first-order valence-corrected chi connectivity index (χ1v) is 14.1. The van der Waals surface area contributed by atoms with Crippen LogP contribution in [0.25, 0.3) is 0 Å². The molecule has 0 unspecified atom stereocenters. The lowest BCUT2D eigenvalue weighted by Gasteiger charge is -2.21. The Balaban J connectivity index is 1.71. The van der Waals surface area contributed by atoms with Crippen molar-refractivity contribution >= 4 is 39.9 Å². The molecule has 0 N–H and O–H groups in total. The average Bonchev–Trinajstić information content (AvgIpc) is 2.90. The van der Waals surface area contributed by atoms with Crippen LogP contribution < -0.4 is 20.1 Å². The number of halogens is 3. The van der Waals surface area contributed by atoms with Crippen LogP contribution in [0, 0.1) is 0 Å². The van der Waals surface area contributed by atoms with Crippen molar-refractivity contribution in [2.24, 2.45) is 0 Å². The quantitative estimate of drug-likeness (QED) is 0.131. The van der Waals surface area contributed by atoms with E-state index in [2.05, 4.69) is 28.4 Å². The Bertz CT molecular complexity index is 1470.